The minimum Gasteiger partial charge on any atom is -0.494 e. The summed E-state index contributed by atoms with van der Waals surface area (Å²) in [6.45, 7) is 2.50. The van der Waals surface area contributed by atoms with Crippen molar-refractivity contribution in [3.05, 3.63) is 83.8 Å². The van der Waals surface area contributed by atoms with E-state index in [9.17, 15) is 14.0 Å². The van der Waals surface area contributed by atoms with Gasteiger partial charge in [-0.3, -0.25) is 9.59 Å². The molecule has 2 aromatic carbocycles. The molecule has 2 amide bonds. The monoisotopic (exact) mass is 423 g/mol. The van der Waals surface area contributed by atoms with E-state index < -0.39 is 0 Å². The van der Waals surface area contributed by atoms with E-state index in [1.165, 1.54) is 24.3 Å². The summed E-state index contributed by atoms with van der Waals surface area (Å²) >= 11 is 0. The van der Waals surface area contributed by atoms with Crippen molar-refractivity contribution in [1.29, 1.82) is 0 Å². The predicted molar refractivity (Wildman–Crippen MR) is 113 cm³/mol. The lowest BCUT2D eigenvalue weighted by atomic mass is 10.2. The van der Waals surface area contributed by atoms with Gasteiger partial charge in [-0.25, -0.2) is 9.37 Å². The van der Waals surface area contributed by atoms with Crippen LogP contribution in [0.5, 0.6) is 17.4 Å². The van der Waals surface area contributed by atoms with Gasteiger partial charge in [0.15, 0.2) is 0 Å². The number of halogens is 1. The Hall–Kier alpha value is -3.94. The number of ether oxygens (including phenoxy) is 2. The maximum Gasteiger partial charge on any atom is 0.251 e. The Morgan fingerprint density at radius 2 is 1.68 bits per heavy atom. The Kier molecular flexibility index (Phi) is 7.53. The number of nitrogens with one attached hydrogen (secondary N) is 2. The van der Waals surface area contributed by atoms with Crippen molar-refractivity contribution in [1.82, 2.24) is 15.6 Å². The lowest BCUT2D eigenvalue weighted by Gasteiger charge is -2.09. The molecule has 0 saturated heterocycles. The molecular weight excluding hydrogens is 401 g/mol. The summed E-state index contributed by atoms with van der Waals surface area (Å²) in [7, 11) is 0. The molecular formula is C23H22FN3O4. The Morgan fingerprint density at radius 1 is 0.968 bits per heavy atom. The van der Waals surface area contributed by atoms with Crippen LogP contribution in [0.1, 0.15) is 22.8 Å². The largest absolute Gasteiger partial charge is 0.494 e. The van der Waals surface area contributed by atoms with Crippen LogP contribution >= 0.6 is 0 Å². The number of benzene rings is 2. The fourth-order valence-corrected chi connectivity index (χ4v) is 2.63. The summed E-state index contributed by atoms with van der Waals surface area (Å²) < 4.78 is 23.9. The van der Waals surface area contributed by atoms with Gasteiger partial charge in [-0.15, -0.1) is 0 Å². The van der Waals surface area contributed by atoms with Crippen LogP contribution in [0.4, 0.5) is 4.39 Å². The first-order valence-corrected chi connectivity index (χ1v) is 9.69. The van der Waals surface area contributed by atoms with Crippen molar-refractivity contribution in [3.63, 3.8) is 0 Å². The molecule has 160 valence electrons. The molecule has 0 bridgehead atoms. The van der Waals surface area contributed by atoms with E-state index in [4.69, 9.17) is 9.47 Å². The SMILES string of the molecule is CCOc1ccc(C(=O)NCC(=O)NCc2ccnc(Oc3ccc(F)cc3)c2)cc1. The van der Waals surface area contributed by atoms with Crippen LogP contribution in [0.3, 0.4) is 0 Å². The van der Waals surface area contributed by atoms with Crippen molar-refractivity contribution in [3.8, 4) is 17.4 Å². The molecule has 0 atom stereocenters. The molecule has 1 heterocycles. The van der Waals surface area contributed by atoms with Crippen LogP contribution in [0.25, 0.3) is 0 Å². The zero-order valence-corrected chi connectivity index (χ0v) is 16.9. The lowest BCUT2D eigenvalue weighted by molar-refractivity contribution is -0.120. The molecule has 1 aromatic heterocycles. The van der Waals surface area contributed by atoms with Crippen LogP contribution in [-0.4, -0.2) is 29.9 Å². The van der Waals surface area contributed by atoms with Gasteiger partial charge in [0.25, 0.3) is 5.91 Å². The van der Waals surface area contributed by atoms with Crippen molar-refractivity contribution < 1.29 is 23.5 Å². The van der Waals surface area contributed by atoms with Gasteiger partial charge in [-0.2, -0.15) is 0 Å². The van der Waals surface area contributed by atoms with E-state index in [2.05, 4.69) is 15.6 Å². The summed E-state index contributed by atoms with van der Waals surface area (Å²) in [6, 6.07) is 15.7. The van der Waals surface area contributed by atoms with Crippen LogP contribution in [-0.2, 0) is 11.3 Å². The van der Waals surface area contributed by atoms with E-state index in [1.54, 1.807) is 42.6 Å². The first kappa shape index (κ1) is 21.8. The van der Waals surface area contributed by atoms with Gasteiger partial charge in [-0.05, 0) is 67.1 Å². The van der Waals surface area contributed by atoms with Gasteiger partial charge >= 0.3 is 0 Å². The molecule has 0 aliphatic carbocycles. The number of carbonyl (C=O) groups excluding carboxylic acids is 2. The van der Waals surface area contributed by atoms with Crippen molar-refractivity contribution >= 4 is 11.8 Å². The predicted octanol–water partition coefficient (Wildman–Crippen LogP) is 3.46. The molecule has 0 unspecified atom stereocenters. The van der Waals surface area contributed by atoms with Crippen LogP contribution in [0.15, 0.2) is 66.9 Å². The van der Waals surface area contributed by atoms with E-state index in [-0.39, 0.29) is 30.7 Å². The minimum atomic E-state index is -0.355. The van der Waals surface area contributed by atoms with E-state index in [0.29, 0.717) is 29.5 Å². The highest BCUT2D eigenvalue weighted by molar-refractivity contribution is 5.96. The smallest absolute Gasteiger partial charge is 0.251 e. The molecule has 0 fully saturated rings. The summed E-state index contributed by atoms with van der Waals surface area (Å²) in [5.41, 5.74) is 1.20. The van der Waals surface area contributed by atoms with Gasteiger partial charge in [0, 0.05) is 24.4 Å². The third-order valence-corrected chi connectivity index (χ3v) is 4.16. The van der Waals surface area contributed by atoms with Crippen LogP contribution in [0.2, 0.25) is 0 Å². The van der Waals surface area contributed by atoms with Gasteiger partial charge in [-0.1, -0.05) is 0 Å². The normalized spacial score (nSPS) is 10.3. The minimum absolute atomic E-state index is 0.157. The lowest BCUT2D eigenvalue weighted by Crippen LogP contribution is -2.36. The molecule has 2 N–H and O–H groups in total. The van der Waals surface area contributed by atoms with Gasteiger partial charge in [0.2, 0.25) is 11.8 Å². The Bertz CT molecular complexity index is 1020. The molecule has 7 nitrogen and oxygen atoms in total. The molecule has 8 heteroatoms. The number of carbonyl (C=O) groups is 2. The second-order valence-corrected chi connectivity index (χ2v) is 6.48. The topological polar surface area (TPSA) is 89.5 Å². The molecule has 31 heavy (non-hydrogen) atoms. The maximum atomic E-state index is 13.0. The van der Waals surface area contributed by atoms with Crippen LogP contribution < -0.4 is 20.1 Å². The number of aromatic nitrogens is 1. The molecule has 0 aliphatic rings. The Labute approximate surface area is 179 Å². The number of rotatable bonds is 9. The second kappa shape index (κ2) is 10.7. The van der Waals surface area contributed by atoms with Gasteiger partial charge < -0.3 is 20.1 Å². The first-order chi connectivity index (χ1) is 15.0. The molecule has 0 aliphatic heterocycles. The van der Waals surface area contributed by atoms with Crippen molar-refractivity contribution in [2.45, 2.75) is 13.5 Å². The number of amides is 2. The third kappa shape index (κ3) is 6.81. The Morgan fingerprint density at radius 3 is 2.39 bits per heavy atom. The van der Waals surface area contributed by atoms with Gasteiger partial charge in [0.1, 0.15) is 17.3 Å². The quantitative estimate of drug-likeness (QED) is 0.550. The molecule has 0 saturated carbocycles. The second-order valence-electron chi connectivity index (χ2n) is 6.48. The number of hydrogen-bond acceptors (Lipinski definition) is 5. The summed E-state index contributed by atoms with van der Waals surface area (Å²) in [5.74, 6) is 0.409. The highest BCUT2D eigenvalue weighted by Crippen LogP contribution is 2.20. The highest BCUT2D eigenvalue weighted by atomic mass is 19.1. The first-order valence-electron chi connectivity index (χ1n) is 9.69. The Balaban J connectivity index is 1.46. The highest BCUT2D eigenvalue weighted by Gasteiger charge is 2.09. The fourth-order valence-electron chi connectivity index (χ4n) is 2.63. The van der Waals surface area contributed by atoms with E-state index >= 15 is 0 Å². The zero-order valence-electron chi connectivity index (χ0n) is 16.9. The molecule has 3 aromatic rings. The third-order valence-electron chi connectivity index (χ3n) is 4.16. The van der Waals surface area contributed by atoms with E-state index in [1.807, 2.05) is 6.92 Å². The number of hydrogen-bond donors (Lipinski definition) is 2. The van der Waals surface area contributed by atoms with E-state index in [0.717, 1.165) is 5.56 Å². The fraction of sp³-hybridized carbons (Fsp3) is 0.174. The van der Waals surface area contributed by atoms with Crippen molar-refractivity contribution in [2.24, 2.45) is 0 Å². The average molecular weight is 423 g/mol. The molecule has 3 rings (SSSR count). The zero-order chi connectivity index (χ0) is 22.1. The van der Waals surface area contributed by atoms with Crippen LogP contribution in [0, 0.1) is 5.82 Å². The summed E-state index contributed by atoms with van der Waals surface area (Å²) in [5, 5.41) is 5.30. The standard InChI is InChI=1S/C23H22FN3O4/c1-2-30-19-7-3-17(4-8-19)23(29)27-15-21(28)26-14-16-11-12-25-22(13-16)31-20-9-5-18(24)6-10-20/h3-13H,2,14-15H2,1H3,(H,26,28)(H,27,29). The maximum absolute atomic E-state index is 13.0. The summed E-state index contributed by atoms with van der Waals surface area (Å²) in [4.78, 5) is 28.3. The molecule has 0 radical (unpaired) electrons. The summed E-state index contributed by atoms with van der Waals surface area (Å²) in [6.07, 6.45) is 1.55. The molecule has 0 spiro atoms. The number of nitrogens with zero attached hydrogens (tertiary/aromatic N) is 1. The average Bonchev–Trinajstić information content (AvgIpc) is 2.78. The van der Waals surface area contributed by atoms with Gasteiger partial charge in [0.05, 0.1) is 13.2 Å². The van der Waals surface area contributed by atoms with Crippen molar-refractivity contribution in [2.75, 3.05) is 13.2 Å². The number of pyridine rings is 1.